The second-order valence-electron chi connectivity index (χ2n) is 13.7. The largest absolute Gasteiger partial charge is 0.573 e. The summed E-state index contributed by atoms with van der Waals surface area (Å²) in [4.78, 5) is 0. The molecular weight excluding hydrogens is 738 g/mol. The van der Waals surface area contributed by atoms with E-state index in [0.717, 1.165) is 41.0 Å². The van der Waals surface area contributed by atoms with Crippen molar-refractivity contribution >= 4 is 21.3 Å². The van der Waals surface area contributed by atoms with E-state index in [1.165, 1.54) is 19.1 Å². The molecule has 0 bridgehead atoms. The molecule has 4 rings (SSSR count). The Hall–Kier alpha value is -4.70. The third kappa shape index (κ3) is 12.4. The number of hydrogen-bond acceptors (Lipinski definition) is 7. The van der Waals surface area contributed by atoms with Gasteiger partial charge in [-0.15, -0.1) is 13.2 Å². The molecule has 1 aromatic heterocycles. The third-order valence-electron chi connectivity index (χ3n) is 8.37. The van der Waals surface area contributed by atoms with Crippen molar-refractivity contribution in [1.82, 2.24) is 10.5 Å². The molecule has 0 fully saturated rings. The van der Waals surface area contributed by atoms with Crippen LogP contribution in [0.2, 0.25) is 0 Å². The number of hydrogen-bond donors (Lipinski definition) is 3. The number of rotatable bonds is 14. The molecule has 15 heteroatoms. The predicted molar refractivity (Wildman–Crippen MR) is 193 cm³/mol. The maximum absolute atomic E-state index is 14.2. The monoisotopic (exact) mass is 778 g/mol. The van der Waals surface area contributed by atoms with Crippen molar-refractivity contribution < 1.29 is 53.7 Å². The SMILES string of the molecule is C=C(/C=C(\C=C(/C)c1cc(C(Cc2ccc(C(O)NCCS(=O)(=O)O)cc2)c2ccc(C(C)(C)C)cc2)no1)C(F)(F)F)c1ccc(OC(F)(F)F)cc1. The van der Waals surface area contributed by atoms with E-state index in [9.17, 15) is 39.9 Å². The van der Waals surface area contributed by atoms with Crippen LogP contribution in [-0.2, 0) is 22.0 Å². The Bertz CT molecular complexity index is 2060. The van der Waals surface area contributed by atoms with Crippen molar-refractivity contribution in [3.05, 3.63) is 142 Å². The van der Waals surface area contributed by atoms with Crippen LogP contribution in [0.3, 0.4) is 0 Å². The number of ether oxygens (including phenoxy) is 1. The zero-order valence-electron chi connectivity index (χ0n) is 29.8. The Labute approximate surface area is 309 Å². The number of aliphatic hydroxyl groups is 1. The van der Waals surface area contributed by atoms with Gasteiger partial charge in [0.15, 0.2) is 5.76 Å². The molecule has 290 valence electrons. The Kier molecular flexibility index (Phi) is 13.0. The lowest BCUT2D eigenvalue weighted by molar-refractivity contribution is -0.274. The van der Waals surface area contributed by atoms with Gasteiger partial charge in [-0.2, -0.15) is 21.6 Å². The Morgan fingerprint density at radius 1 is 0.926 bits per heavy atom. The topological polar surface area (TPSA) is 122 Å². The Morgan fingerprint density at radius 2 is 1.52 bits per heavy atom. The summed E-state index contributed by atoms with van der Waals surface area (Å²) in [7, 11) is -4.20. The van der Waals surface area contributed by atoms with Gasteiger partial charge in [0.05, 0.1) is 17.0 Å². The lowest BCUT2D eigenvalue weighted by Crippen LogP contribution is -2.26. The highest BCUT2D eigenvalue weighted by molar-refractivity contribution is 7.85. The van der Waals surface area contributed by atoms with Gasteiger partial charge < -0.3 is 14.4 Å². The van der Waals surface area contributed by atoms with Crippen molar-refractivity contribution in [2.75, 3.05) is 12.3 Å². The van der Waals surface area contributed by atoms with E-state index in [4.69, 9.17) is 9.08 Å². The minimum Gasteiger partial charge on any atom is -0.406 e. The maximum Gasteiger partial charge on any atom is 0.573 e. The van der Waals surface area contributed by atoms with Gasteiger partial charge in [-0.25, -0.2) is 0 Å². The summed E-state index contributed by atoms with van der Waals surface area (Å²) in [6.45, 7) is 11.2. The first kappa shape index (κ1) is 42.0. The summed E-state index contributed by atoms with van der Waals surface area (Å²) in [6.07, 6.45) is -8.90. The van der Waals surface area contributed by atoms with Crippen LogP contribution in [0.5, 0.6) is 5.75 Å². The highest BCUT2D eigenvalue weighted by atomic mass is 32.2. The summed E-state index contributed by atoms with van der Waals surface area (Å²) in [6, 6.07) is 20.6. The van der Waals surface area contributed by atoms with Gasteiger partial charge in [-0.1, -0.05) is 93.2 Å². The molecule has 0 spiro atoms. The van der Waals surface area contributed by atoms with E-state index in [1.54, 1.807) is 30.3 Å². The van der Waals surface area contributed by atoms with E-state index in [-0.39, 0.29) is 34.4 Å². The van der Waals surface area contributed by atoms with Gasteiger partial charge >= 0.3 is 12.5 Å². The Morgan fingerprint density at radius 3 is 2.06 bits per heavy atom. The van der Waals surface area contributed by atoms with Crippen molar-refractivity contribution in [2.45, 2.75) is 64.2 Å². The molecule has 0 saturated carbocycles. The van der Waals surface area contributed by atoms with Crippen molar-refractivity contribution in [1.29, 1.82) is 0 Å². The van der Waals surface area contributed by atoms with Crippen LogP contribution in [0.15, 0.2) is 108 Å². The number of nitrogens with zero attached hydrogens (tertiary/aromatic N) is 1. The van der Waals surface area contributed by atoms with Crippen molar-refractivity contribution in [3.63, 3.8) is 0 Å². The molecule has 4 aromatic rings. The number of alkyl halides is 6. The standard InChI is InChI=1S/C39H40F6N2O6S/c1-24(27-12-16-32(17-13-27)52-39(43,44)45)20-31(38(40,41)42)21-25(2)35-23-34(47-53-35)33(28-10-14-30(15-11-28)37(3,4)5)22-26-6-8-29(9-7-26)36(48)46-18-19-54(49,50)51/h6-17,20-21,23,33,36,46,48H,1,18-19,22H2,2-5H3,(H,49,50,51)/b25-21+,31-20+. The van der Waals surface area contributed by atoms with Crippen LogP contribution in [0.4, 0.5) is 26.3 Å². The third-order valence-corrected chi connectivity index (χ3v) is 9.09. The lowest BCUT2D eigenvalue weighted by Gasteiger charge is -2.21. The number of allylic oxidation sites excluding steroid dienone is 5. The summed E-state index contributed by atoms with van der Waals surface area (Å²) >= 11 is 0. The number of halogens is 6. The maximum atomic E-state index is 14.2. The highest BCUT2D eigenvalue weighted by Crippen LogP contribution is 2.35. The fourth-order valence-corrected chi connectivity index (χ4v) is 5.79. The van der Waals surface area contributed by atoms with Gasteiger partial charge in [-0.05, 0) is 82.0 Å². The molecule has 3 aromatic carbocycles. The average molecular weight is 779 g/mol. The molecular formula is C39H40F6N2O6S. The highest BCUT2D eigenvalue weighted by Gasteiger charge is 2.33. The average Bonchev–Trinajstić information content (AvgIpc) is 3.56. The fraction of sp³-hybridized carbons (Fsp3) is 0.308. The minimum absolute atomic E-state index is 0.0742. The van der Waals surface area contributed by atoms with Crippen molar-refractivity contribution in [3.8, 4) is 5.75 Å². The van der Waals surface area contributed by atoms with Gasteiger partial charge in [0.2, 0.25) is 0 Å². The van der Waals surface area contributed by atoms with Crippen LogP contribution in [-0.4, -0.2) is 48.1 Å². The molecule has 0 aliphatic heterocycles. The van der Waals surface area contributed by atoms with E-state index in [0.29, 0.717) is 17.7 Å². The zero-order chi connectivity index (χ0) is 40.1. The summed E-state index contributed by atoms with van der Waals surface area (Å²) < 4.78 is 121. The number of aromatic nitrogens is 1. The number of nitrogens with one attached hydrogen (secondary N) is 1. The first-order valence-electron chi connectivity index (χ1n) is 16.5. The molecule has 0 amide bonds. The predicted octanol–water partition coefficient (Wildman–Crippen LogP) is 9.32. The molecule has 8 nitrogen and oxygen atoms in total. The van der Waals surface area contributed by atoms with E-state index in [2.05, 4.69) is 42.6 Å². The molecule has 1 heterocycles. The fourth-order valence-electron chi connectivity index (χ4n) is 5.41. The van der Waals surface area contributed by atoms with Gasteiger partial charge in [-0.3, -0.25) is 9.87 Å². The molecule has 2 atom stereocenters. The summed E-state index contributed by atoms with van der Waals surface area (Å²) in [5, 5.41) is 17.3. The molecule has 0 aliphatic carbocycles. The molecule has 0 aliphatic rings. The molecule has 54 heavy (non-hydrogen) atoms. The molecule has 0 saturated heterocycles. The van der Waals surface area contributed by atoms with Gasteiger partial charge in [0.1, 0.15) is 12.0 Å². The zero-order valence-corrected chi connectivity index (χ0v) is 30.6. The smallest absolute Gasteiger partial charge is 0.406 e. The van der Waals surface area contributed by atoms with Crippen LogP contribution < -0.4 is 10.1 Å². The molecule has 0 radical (unpaired) electrons. The second-order valence-corrected chi connectivity index (χ2v) is 15.2. The van der Waals surface area contributed by atoms with Crippen LogP contribution in [0.25, 0.3) is 11.1 Å². The Balaban J connectivity index is 1.62. The second kappa shape index (κ2) is 16.8. The van der Waals surface area contributed by atoms with Gasteiger partial charge in [0.25, 0.3) is 10.1 Å². The van der Waals surface area contributed by atoms with Crippen LogP contribution in [0.1, 0.15) is 79.1 Å². The minimum atomic E-state index is -4.92. The number of aliphatic hydroxyl groups excluding tert-OH is 1. The van der Waals surface area contributed by atoms with Crippen molar-refractivity contribution in [2.24, 2.45) is 0 Å². The molecule has 3 N–H and O–H groups in total. The first-order valence-corrected chi connectivity index (χ1v) is 18.1. The summed E-state index contributed by atoms with van der Waals surface area (Å²) in [5.41, 5.74) is 2.61. The van der Waals surface area contributed by atoms with E-state index < -0.39 is 51.9 Å². The normalized spacial score (nSPS) is 14.5. The number of benzene rings is 3. The van der Waals surface area contributed by atoms with Gasteiger partial charge in [0, 0.05) is 18.5 Å². The molecule has 2 unspecified atom stereocenters. The summed E-state index contributed by atoms with van der Waals surface area (Å²) in [5.74, 6) is -1.43. The quantitative estimate of drug-likeness (QED) is 0.0502. The lowest BCUT2D eigenvalue weighted by atomic mass is 9.83. The first-order chi connectivity index (χ1) is 25.0. The van der Waals surface area contributed by atoms with Crippen LogP contribution >= 0.6 is 0 Å². The van der Waals surface area contributed by atoms with Crippen LogP contribution in [0, 0.1) is 0 Å². The van der Waals surface area contributed by atoms with E-state index >= 15 is 0 Å². The van der Waals surface area contributed by atoms with E-state index in [1.807, 2.05) is 24.3 Å².